The van der Waals surface area contributed by atoms with Crippen molar-refractivity contribution >= 4 is 11.6 Å². The van der Waals surface area contributed by atoms with E-state index in [4.69, 9.17) is 0 Å². The molecule has 4 heteroatoms. The van der Waals surface area contributed by atoms with Gasteiger partial charge in [0.1, 0.15) is 5.82 Å². The zero-order valence-corrected chi connectivity index (χ0v) is 10.6. The van der Waals surface area contributed by atoms with Crippen LogP contribution in [0.1, 0.15) is 30.1 Å². The number of hydrogen-bond acceptors (Lipinski definition) is 2. The molecule has 0 aromatic heterocycles. The topological polar surface area (TPSA) is 32.3 Å². The summed E-state index contributed by atoms with van der Waals surface area (Å²) in [5.41, 5.74) is 0.645. The van der Waals surface area contributed by atoms with Crippen molar-refractivity contribution in [2.45, 2.75) is 19.8 Å². The van der Waals surface area contributed by atoms with E-state index in [9.17, 15) is 9.18 Å². The number of nitrogens with one attached hydrogen (secondary N) is 1. The molecule has 0 bridgehead atoms. The second-order valence-corrected chi connectivity index (χ2v) is 3.99. The fourth-order valence-corrected chi connectivity index (χ4v) is 1.66. The molecule has 0 aliphatic heterocycles. The van der Waals surface area contributed by atoms with Gasteiger partial charge in [0.15, 0.2) is 0 Å². The van der Waals surface area contributed by atoms with Crippen molar-refractivity contribution in [1.82, 2.24) is 4.90 Å². The summed E-state index contributed by atoms with van der Waals surface area (Å²) in [6.45, 7) is 2.76. The molecule has 1 aromatic carbocycles. The van der Waals surface area contributed by atoms with E-state index in [0.29, 0.717) is 12.1 Å². The van der Waals surface area contributed by atoms with Crippen molar-refractivity contribution in [2.24, 2.45) is 0 Å². The number of benzene rings is 1. The average Bonchev–Trinajstić information content (AvgIpc) is 2.34. The lowest BCUT2D eigenvalue weighted by Gasteiger charge is -2.18. The highest BCUT2D eigenvalue weighted by Crippen LogP contribution is 2.20. The van der Waals surface area contributed by atoms with E-state index in [1.54, 1.807) is 31.1 Å². The van der Waals surface area contributed by atoms with Crippen molar-refractivity contribution in [3.63, 3.8) is 0 Å². The van der Waals surface area contributed by atoms with E-state index in [2.05, 4.69) is 12.2 Å². The Labute approximate surface area is 102 Å². The maximum atomic E-state index is 13.5. The first kappa shape index (κ1) is 13.5. The van der Waals surface area contributed by atoms with Gasteiger partial charge in [0.2, 0.25) is 0 Å². The van der Waals surface area contributed by atoms with Crippen molar-refractivity contribution in [3.05, 3.63) is 29.6 Å². The minimum absolute atomic E-state index is 0.151. The first-order chi connectivity index (χ1) is 8.11. The number of para-hydroxylation sites is 1. The van der Waals surface area contributed by atoms with E-state index >= 15 is 0 Å². The molecule has 0 unspecified atom stereocenters. The minimum atomic E-state index is -0.401. The van der Waals surface area contributed by atoms with E-state index in [-0.39, 0.29) is 11.6 Å². The van der Waals surface area contributed by atoms with Gasteiger partial charge in [0.25, 0.3) is 5.91 Å². The van der Waals surface area contributed by atoms with E-state index in [1.165, 1.54) is 6.07 Å². The highest BCUT2D eigenvalue weighted by molar-refractivity contribution is 5.99. The molecule has 0 saturated carbocycles. The van der Waals surface area contributed by atoms with Crippen LogP contribution in [0.25, 0.3) is 0 Å². The van der Waals surface area contributed by atoms with Crippen LogP contribution >= 0.6 is 0 Å². The second kappa shape index (κ2) is 6.23. The zero-order valence-electron chi connectivity index (χ0n) is 10.6. The molecular formula is C13H19FN2O. The molecule has 0 spiro atoms. The van der Waals surface area contributed by atoms with Gasteiger partial charge in [-0.25, -0.2) is 4.39 Å². The lowest BCUT2D eigenvalue weighted by Crippen LogP contribution is -2.28. The monoisotopic (exact) mass is 238 g/mol. The third kappa shape index (κ3) is 3.19. The second-order valence-electron chi connectivity index (χ2n) is 3.99. The van der Waals surface area contributed by atoms with Gasteiger partial charge in [-0.05, 0) is 18.6 Å². The number of nitrogens with zero attached hydrogens (tertiary/aromatic N) is 1. The zero-order chi connectivity index (χ0) is 12.8. The molecule has 0 heterocycles. The predicted molar refractivity (Wildman–Crippen MR) is 67.8 cm³/mol. The third-order valence-electron chi connectivity index (χ3n) is 2.69. The summed E-state index contributed by atoms with van der Waals surface area (Å²) in [5.74, 6) is -0.551. The third-order valence-corrected chi connectivity index (χ3v) is 2.69. The molecule has 17 heavy (non-hydrogen) atoms. The fourth-order valence-electron chi connectivity index (χ4n) is 1.66. The van der Waals surface area contributed by atoms with E-state index in [1.807, 2.05) is 0 Å². The Morgan fingerprint density at radius 3 is 2.76 bits per heavy atom. The van der Waals surface area contributed by atoms with Gasteiger partial charge in [-0.1, -0.05) is 19.4 Å². The Hall–Kier alpha value is -1.58. The summed E-state index contributed by atoms with van der Waals surface area (Å²) in [5, 5.41) is 2.73. The summed E-state index contributed by atoms with van der Waals surface area (Å²) < 4.78 is 13.5. The van der Waals surface area contributed by atoms with Crippen LogP contribution in [0.15, 0.2) is 18.2 Å². The van der Waals surface area contributed by atoms with Crippen molar-refractivity contribution in [3.8, 4) is 0 Å². The Morgan fingerprint density at radius 1 is 1.47 bits per heavy atom. The minimum Gasteiger partial charge on any atom is -0.385 e. The van der Waals surface area contributed by atoms with Crippen LogP contribution in [0.2, 0.25) is 0 Å². The molecule has 0 fully saturated rings. The molecular weight excluding hydrogens is 219 g/mol. The maximum absolute atomic E-state index is 13.5. The number of rotatable bonds is 5. The highest BCUT2D eigenvalue weighted by atomic mass is 19.1. The molecule has 0 aliphatic rings. The summed E-state index contributed by atoms with van der Waals surface area (Å²) in [6.07, 6.45) is 1.98. The fraction of sp³-hybridized carbons (Fsp3) is 0.462. The molecule has 0 saturated heterocycles. The lowest BCUT2D eigenvalue weighted by atomic mass is 10.1. The standard InChI is InChI=1S/C13H19FN2O/c1-4-5-9-16(3)13(17)10-7-6-8-11(14)12(10)15-2/h6-8,15H,4-5,9H2,1-3H3. The number of halogens is 1. The Kier molecular flexibility index (Phi) is 4.94. The average molecular weight is 238 g/mol. The summed E-state index contributed by atoms with van der Waals surface area (Å²) in [7, 11) is 3.35. The van der Waals surface area contributed by atoms with Crippen LogP contribution in [0.4, 0.5) is 10.1 Å². The van der Waals surface area contributed by atoms with Crippen LogP contribution in [-0.4, -0.2) is 31.4 Å². The Bertz CT molecular complexity index is 393. The summed E-state index contributed by atoms with van der Waals surface area (Å²) in [6, 6.07) is 4.53. The van der Waals surface area contributed by atoms with Crippen LogP contribution < -0.4 is 5.32 Å². The highest BCUT2D eigenvalue weighted by Gasteiger charge is 2.17. The van der Waals surface area contributed by atoms with Gasteiger partial charge in [-0.2, -0.15) is 0 Å². The van der Waals surface area contributed by atoms with Gasteiger partial charge in [-0.3, -0.25) is 4.79 Å². The SMILES string of the molecule is CCCCN(C)C(=O)c1cccc(F)c1NC. The lowest BCUT2D eigenvalue weighted by molar-refractivity contribution is 0.0794. The largest absolute Gasteiger partial charge is 0.385 e. The number of carbonyl (C=O) groups is 1. The number of hydrogen-bond donors (Lipinski definition) is 1. The summed E-state index contributed by atoms with van der Waals surface area (Å²) in [4.78, 5) is 13.7. The van der Waals surface area contributed by atoms with Gasteiger partial charge in [0.05, 0.1) is 11.3 Å². The van der Waals surface area contributed by atoms with Crippen LogP contribution in [0.5, 0.6) is 0 Å². The normalized spacial score (nSPS) is 10.1. The maximum Gasteiger partial charge on any atom is 0.255 e. The molecule has 1 aromatic rings. The van der Waals surface area contributed by atoms with Crippen LogP contribution in [-0.2, 0) is 0 Å². The van der Waals surface area contributed by atoms with Gasteiger partial charge in [-0.15, -0.1) is 0 Å². The van der Waals surface area contributed by atoms with Crippen molar-refractivity contribution in [1.29, 1.82) is 0 Å². The van der Waals surface area contributed by atoms with Crippen molar-refractivity contribution in [2.75, 3.05) is 26.0 Å². The van der Waals surface area contributed by atoms with E-state index < -0.39 is 5.82 Å². The predicted octanol–water partition coefficient (Wildman–Crippen LogP) is 2.74. The van der Waals surface area contributed by atoms with E-state index in [0.717, 1.165) is 12.8 Å². The molecule has 94 valence electrons. The number of amides is 1. The molecule has 1 rings (SSSR count). The van der Waals surface area contributed by atoms with Gasteiger partial charge in [0, 0.05) is 20.6 Å². The van der Waals surface area contributed by atoms with Crippen molar-refractivity contribution < 1.29 is 9.18 Å². The Balaban J connectivity index is 2.92. The first-order valence-corrected chi connectivity index (χ1v) is 5.83. The van der Waals surface area contributed by atoms with Gasteiger partial charge < -0.3 is 10.2 Å². The van der Waals surface area contributed by atoms with Crippen LogP contribution in [0, 0.1) is 5.82 Å². The Morgan fingerprint density at radius 2 is 2.18 bits per heavy atom. The first-order valence-electron chi connectivity index (χ1n) is 5.83. The number of carbonyl (C=O) groups excluding carboxylic acids is 1. The van der Waals surface area contributed by atoms with Gasteiger partial charge >= 0.3 is 0 Å². The quantitative estimate of drug-likeness (QED) is 0.855. The number of unbranched alkanes of at least 4 members (excludes halogenated alkanes) is 1. The molecule has 0 radical (unpaired) electrons. The smallest absolute Gasteiger partial charge is 0.255 e. The molecule has 3 nitrogen and oxygen atoms in total. The number of anilines is 1. The molecule has 1 amide bonds. The van der Waals surface area contributed by atoms with Crippen LogP contribution in [0.3, 0.4) is 0 Å². The molecule has 1 N–H and O–H groups in total. The molecule has 0 aliphatic carbocycles. The summed E-state index contributed by atoms with van der Waals surface area (Å²) >= 11 is 0. The molecule has 0 atom stereocenters.